The summed E-state index contributed by atoms with van der Waals surface area (Å²) in [7, 11) is 0. The lowest BCUT2D eigenvalue weighted by Gasteiger charge is -2.36. The van der Waals surface area contributed by atoms with Crippen LogP contribution in [0.2, 0.25) is 0 Å². The second-order valence-electron chi connectivity index (χ2n) is 7.86. The molecule has 3 rings (SSSR count). The number of benzene rings is 2. The van der Waals surface area contributed by atoms with Crippen LogP contribution in [0.25, 0.3) is 0 Å². The van der Waals surface area contributed by atoms with Crippen LogP contribution < -0.4 is 10.1 Å². The van der Waals surface area contributed by atoms with E-state index in [1.54, 1.807) is 43.3 Å². The van der Waals surface area contributed by atoms with Gasteiger partial charge in [0.15, 0.2) is 0 Å². The van der Waals surface area contributed by atoms with Gasteiger partial charge in [0.05, 0.1) is 18.6 Å². The molecule has 2 aromatic rings. The standard InChI is InChI=1S/C25H30FNO4/c1-3-16-31-22-13-12-18(17-19(22)23(28)30-4-2)27-24(29)25(14-8-5-9-15-25)20-10-6-7-11-21(20)26/h6-7,10-13,17H,3-5,8-9,14-16H2,1-2H3,(H,27,29). The summed E-state index contributed by atoms with van der Waals surface area (Å²) in [5.74, 6) is -0.713. The van der Waals surface area contributed by atoms with Crippen molar-refractivity contribution in [3.63, 3.8) is 0 Å². The largest absolute Gasteiger partial charge is 0.493 e. The average Bonchev–Trinajstić information content (AvgIpc) is 2.79. The molecule has 0 aromatic heterocycles. The van der Waals surface area contributed by atoms with Crippen LogP contribution in [0.15, 0.2) is 42.5 Å². The van der Waals surface area contributed by atoms with Crippen molar-refractivity contribution in [3.8, 4) is 5.75 Å². The molecular formula is C25H30FNO4. The lowest BCUT2D eigenvalue weighted by Crippen LogP contribution is -2.42. The van der Waals surface area contributed by atoms with Gasteiger partial charge in [-0.3, -0.25) is 4.79 Å². The molecule has 1 aliphatic rings. The van der Waals surface area contributed by atoms with Crippen molar-refractivity contribution in [1.82, 2.24) is 0 Å². The van der Waals surface area contributed by atoms with Gasteiger partial charge in [-0.1, -0.05) is 44.4 Å². The molecule has 0 radical (unpaired) electrons. The van der Waals surface area contributed by atoms with Gasteiger partial charge >= 0.3 is 5.97 Å². The fraction of sp³-hybridized carbons (Fsp3) is 0.440. The topological polar surface area (TPSA) is 64.6 Å². The quantitative estimate of drug-likeness (QED) is 0.555. The summed E-state index contributed by atoms with van der Waals surface area (Å²) in [5.41, 5.74) is 0.223. The van der Waals surface area contributed by atoms with Crippen molar-refractivity contribution >= 4 is 17.6 Å². The van der Waals surface area contributed by atoms with Crippen LogP contribution in [-0.4, -0.2) is 25.1 Å². The average molecular weight is 428 g/mol. The van der Waals surface area contributed by atoms with E-state index in [0.29, 0.717) is 36.4 Å². The number of ether oxygens (including phenoxy) is 2. The molecule has 2 aromatic carbocycles. The summed E-state index contributed by atoms with van der Waals surface area (Å²) in [4.78, 5) is 25.9. The first-order valence-electron chi connectivity index (χ1n) is 11.0. The molecule has 0 saturated heterocycles. The number of anilines is 1. The fourth-order valence-electron chi connectivity index (χ4n) is 4.19. The number of carbonyl (C=O) groups excluding carboxylic acids is 2. The number of hydrogen-bond donors (Lipinski definition) is 1. The fourth-order valence-corrected chi connectivity index (χ4v) is 4.19. The molecule has 1 saturated carbocycles. The summed E-state index contributed by atoms with van der Waals surface area (Å²) < 4.78 is 25.5. The lowest BCUT2D eigenvalue weighted by atomic mass is 9.68. The lowest BCUT2D eigenvalue weighted by molar-refractivity contribution is -0.122. The van der Waals surface area contributed by atoms with Crippen molar-refractivity contribution in [2.75, 3.05) is 18.5 Å². The van der Waals surface area contributed by atoms with E-state index in [-0.39, 0.29) is 23.9 Å². The number of rotatable bonds is 8. The number of amides is 1. The molecule has 0 bridgehead atoms. The highest BCUT2D eigenvalue weighted by molar-refractivity contribution is 6.01. The van der Waals surface area contributed by atoms with Crippen LogP contribution >= 0.6 is 0 Å². The van der Waals surface area contributed by atoms with Gasteiger partial charge in [-0.15, -0.1) is 0 Å². The molecule has 1 N–H and O–H groups in total. The maximum atomic E-state index is 14.7. The van der Waals surface area contributed by atoms with Crippen LogP contribution in [-0.2, 0) is 14.9 Å². The maximum Gasteiger partial charge on any atom is 0.341 e. The van der Waals surface area contributed by atoms with E-state index in [4.69, 9.17) is 9.47 Å². The molecule has 1 aliphatic carbocycles. The van der Waals surface area contributed by atoms with Gasteiger partial charge in [0.1, 0.15) is 17.1 Å². The van der Waals surface area contributed by atoms with E-state index >= 15 is 0 Å². The van der Waals surface area contributed by atoms with E-state index in [2.05, 4.69) is 5.32 Å². The van der Waals surface area contributed by atoms with E-state index in [1.807, 2.05) is 6.92 Å². The van der Waals surface area contributed by atoms with Crippen LogP contribution in [0, 0.1) is 5.82 Å². The van der Waals surface area contributed by atoms with Crippen molar-refractivity contribution in [1.29, 1.82) is 0 Å². The number of carbonyl (C=O) groups is 2. The zero-order valence-electron chi connectivity index (χ0n) is 18.2. The van der Waals surface area contributed by atoms with Gasteiger partial charge in [-0.25, -0.2) is 9.18 Å². The summed E-state index contributed by atoms with van der Waals surface area (Å²) >= 11 is 0. The predicted octanol–water partition coefficient (Wildman–Crippen LogP) is 5.63. The number of nitrogens with one attached hydrogen (secondary N) is 1. The minimum absolute atomic E-state index is 0.235. The zero-order valence-corrected chi connectivity index (χ0v) is 18.2. The molecule has 0 unspecified atom stereocenters. The van der Waals surface area contributed by atoms with Crippen molar-refractivity contribution < 1.29 is 23.5 Å². The molecule has 0 spiro atoms. The molecule has 1 fully saturated rings. The first-order chi connectivity index (χ1) is 15.0. The Labute approximate surface area is 182 Å². The second kappa shape index (κ2) is 10.4. The zero-order chi connectivity index (χ0) is 22.3. The Kier molecular flexibility index (Phi) is 7.66. The molecule has 6 heteroatoms. The molecule has 166 valence electrons. The molecule has 0 aliphatic heterocycles. The Morgan fingerprint density at radius 3 is 2.48 bits per heavy atom. The summed E-state index contributed by atoms with van der Waals surface area (Å²) in [6, 6.07) is 11.4. The highest BCUT2D eigenvalue weighted by atomic mass is 19.1. The Morgan fingerprint density at radius 1 is 1.06 bits per heavy atom. The van der Waals surface area contributed by atoms with Crippen molar-refractivity contribution in [3.05, 3.63) is 59.4 Å². The number of hydrogen-bond acceptors (Lipinski definition) is 4. The van der Waals surface area contributed by atoms with Gasteiger partial charge in [-0.2, -0.15) is 0 Å². The van der Waals surface area contributed by atoms with Gasteiger partial charge in [-0.05, 0) is 50.5 Å². The van der Waals surface area contributed by atoms with E-state index < -0.39 is 11.4 Å². The number of esters is 1. The SMILES string of the molecule is CCCOc1ccc(NC(=O)C2(c3ccccc3F)CCCCC2)cc1C(=O)OCC. The van der Waals surface area contributed by atoms with Gasteiger partial charge in [0, 0.05) is 11.3 Å². The summed E-state index contributed by atoms with van der Waals surface area (Å²) in [6.07, 6.45) is 4.72. The molecule has 0 heterocycles. The molecule has 0 atom stereocenters. The Hall–Kier alpha value is -2.89. The van der Waals surface area contributed by atoms with Crippen LogP contribution in [0.4, 0.5) is 10.1 Å². The highest BCUT2D eigenvalue weighted by Gasteiger charge is 2.42. The summed E-state index contributed by atoms with van der Waals surface area (Å²) in [5, 5.41) is 2.93. The van der Waals surface area contributed by atoms with Gasteiger partial charge < -0.3 is 14.8 Å². The van der Waals surface area contributed by atoms with Crippen LogP contribution in [0.3, 0.4) is 0 Å². The highest BCUT2D eigenvalue weighted by Crippen LogP contribution is 2.41. The summed E-state index contributed by atoms with van der Waals surface area (Å²) in [6.45, 7) is 4.41. The van der Waals surface area contributed by atoms with Crippen molar-refractivity contribution in [2.24, 2.45) is 0 Å². The first-order valence-corrected chi connectivity index (χ1v) is 11.0. The molecular weight excluding hydrogens is 397 g/mol. The maximum absolute atomic E-state index is 14.7. The Morgan fingerprint density at radius 2 is 1.81 bits per heavy atom. The predicted molar refractivity (Wildman–Crippen MR) is 118 cm³/mol. The van der Waals surface area contributed by atoms with Gasteiger partial charge in [0.25, 0.3) is 0 Å². The third-order valence-corrected chi connectivity index (χ3v) is 5.73. The third kappa shape index (κ3) is 5.06. The van der Waals surface area contributed by atoms with Gasteiger partial charge in [0.2, 0.25) is 5.91 Å². The third-order valence-electron chi connectivity index (χ3n) is 5.73. The van der Waals surface area contributed by atoms with Crippen LogP contribution in [0.1, 0.15) is 68.3 Å². The Balaban J connectivity index is 1.92. The Bertz CT molecular complexity index is 921. The van der Waals surface area contributed by atoms with E-state index in [9.17, 15) is 14.0 Å². The minimum Gasteiger partial charge on any atom is -0.493 e. The molecule has 31 heavy (non-hydrogen) atoms. The number of halogens is 1. The normalized spacial score (nSPS) is 15.2. The van der Waals surface area contributed by atoms with E-state index in [0.717, 1.165) is 25.7 Å². The minimum atomic E-state index is -0.926. The van der Waals surface area contributed by atoms with E-state index in [1.165, 1.54) is 6.07 Å². The smallest absolute Gasteiger partial charge is 0.341 e. The van der Waals surface area contributed by atoms with Crippen molar-refractivity contribution in [2.45, 2.75) is 57.8 Å². The first kappa shape index (κ1) is 22.8. The molecule has 1 amide bonds. The second-order valence-corrected chi connectivity index (χ2v) is 7.86. The monoisotopic (exact) mass is 427 g/mol. The van der Waals surface area contributed by atoms with Crippen LogP contribution in [0.5, 0.6) is 5.75 Å². The molecule has 5 nitrogen and oxygen atoms in total.